The maximum Gasteiger partial charge on any atom is 0.337 e. The molecule has 1 aromatic carbocycles. The van der Waals surface area contributed by atoms with Gasteiger partial charge in [0.05, 0.1) is 11.3 Å². The molecule has 11 heteroatoms. The van der Waals surface area contributed by atoms with Crippen LogP contribution in [0.1, 0.15) is 23.2 Å². The van der Waals surface area contributed by atoms with E-state index in [1.807, 2.05) is 0 Å². The topological polar surface area (TPSA) is 81.4 Å². The highest BCUT2D eigenvalue weighted by molar-refractivity contribution is 8.03. The first-order chi connectivity index (χ1) is 11.7. The smallest absolute Gasteiger partial charge is 0.337 e. The number of carboxylic acids is 1. The van der Waals surface area contributed by atoms with Crippen molar-refractivity contribution in [1.82, 2.24) is 9.62 Å². The van der Waals surface area contributed by atoms with Crippen LogP contribution in [0.25, 0.3) is 0 Å². The van der Waals surface area contributed by atoms with E-state index in [2.05, 4.69) is 10.6 Å². The molecule has 1 saturated carbocycles. The van der Waals surface area contributed by atoms with Gasteiger partial charge in [0.15, 0.2) is 5.50 Å². The Balaban J connectivity index is 1.70. The fourth-order valence-electron chi connectivity index (χ4n) is 2.21. The molecule has 2 fully saturated rings. The average molecular weight is 429 g/mol. The van der Waals surface area contributed by atoms with E-state index in [4.69, 9.17) is 39.9 Å². The predicted molar refractivity (Wildman–Crippen MR) is 95.1 cm³/mol. The van der Waals surface area contributed by atoms with Crippen LogP contribution in [0, 0.1) is 11.7 Å². The lowest BCUT2D eigenvalue weighted by atomic mass is 10.2. The molecule has 0 spiro atoms. The second-order valence-corrected chi connectivity index (χ2v) is 9.13. The largest absolute Gasteiger partial charge is 0.478 e. The number of rotatable bonds is 6. The fourth-order valence-corrected chi connectivity index (χ4v) is 3.73. The van der Waals surface area contributed by atoms with Crippen LogP contribution in [0.2, 0.25) is 0 Å². The highest BCUT2D eigenvalue weighted by Gasteiger charge is 2.52. The minimum absolute atomic E-state index is 0.0538. The summed E-state index contributed by atoms with van der Waals surface area (Å²) in [4.78, 5) is 23.2. The molecule has 0 radical (unpaired) electrons. The van der Waals surface area contributed by atoms with E-state index in [0.29, 0.717) is 0 Å². The van der Waals surface area contributed by atoms with Crippen molar-refractivity contribution in [3.8, 4) is 0 Å². The van der Waals surface area contributed by atoms with E-state index in [9.17, 15) is 14.0 Å². The molecule has 1 aliphatic heterocycles. The third kappa shape index (κ3) is 4.62. The second kappa shape index (κ2) is 7.00. The summed E-state index contributed by atoms with van der Waals surface area (Å²) in [5.41, 5.74) is -0.408. The van der Waals surface area contributed by atoms with Crippen LogP contribution in [0.5, 0.6) is 0 Å². The van der Waals surface area contributed by atoms with Gasteiger partial charge in [-0.2, -0.15) is 4.31 Å². The summed E-state index contributed by atoms with van der Waals surface area (Å²) in [5, 5.41) is 14.8. The second-order valence-electron chi connectivity index (χ2n) is 5.68. The zero-order chi connectivity index (χ0) is 18.4. The number of hydrogen-bond acceptors (Lipinski definition) is 5. The minimum atomic E-state index is -1.77. The molecule has 136 valence electrons. The number of aromatic carboxylic acids is 1. The number of carbonyl (C=O) groups is 2. The van der Waals surface area contributed by atoms with Gasteiger partial charge in [-0.3, -0.25) is 4.79 Å². The van der Waals surface area contributed by atoms with Gasteiger partial charge in [0.2, 0.25) is 9.70 Å². The number of alkyl halides is 3. The molecule has 0 aromatic heterocycles. The number of anilines is 1. The molecule has 1 aliphatic carbocycles. The molecule has 3 atom stereocenters. The highest BCUT2D eigenvalue weighted by Crippen LogP contribution is 2.48. The number of nitrogens with one attached hydrogen (secondary N) is 2. The Labute approximate surface area is 162 Å². The van der Waals surface area contributed by atoms with Crippen LogP contribution in [0.3, 0.4) is 0 Å². The third-order valence-corrected chi connectivity index (χ3v) is 5.30. The van der Waals surface area contributed by atoms with Gasteiger partial charge in [-0.25, -0.2) is 9.18 Å². The SMILES string of the molecule is O=C(O)c1cc(F)ccc1NC1SN1C(NC(=O)C1CC1)C(Cl)(Cl)Cl. The summed E-state index contributed by atoms with van der Waals surface area (Å²) < 4.78 is 13.1. The Hall–Kier alpha value is -0.930. The maximum absolute atomic E-state index is 13.2. The summed E-state index contributed by atoms with van der Waals surface area (Å²) in [6, 6.07) is 3.39. The quantitative estimate of drug-likeness (QED) is 0.366. The Kier molecular flexibility index (Phi) is 5.28. The normalized spacial score (nSPS) is 23.7. The molecule has 3 rings (SSSR count). The molecule has 1 aromatic rings. The van der Waals surface area contributed by atoms with Gasteiger partial charge in [0.25, 0.3) is 0 Å². The zero-order valence-corrected chi connectivity index (χ0v) is 15.6. The first-order valence-electron chi connectivity index (χ1n) is 7.28. The molecule has 6 nitrogen and oxygen atoms in total. The summed E-state index contributed by atoms with van der Waals surface area (Å²) >= 11 is 19.1. The van der Waals surface area contributed by atoms with Crippen molar-refractivity contribution in [3.05, 3.63) is 29.6 Å². The molecule has 3 unspecified atom stereocenters. The number of halogens is 4. The van der Waals surface area contributed by atoms with E-state index < -0.39 is 27.2 Å². The lowest BCUT2D eigenvalue weighted by molar-refractivity contribution is -0.123. The van der Waals surface area contributed by atoms with Crippen molar-refractivity contribution in [1.29, 1.82) is 0 Å². The average Bonchev–Trinajstić information content (AvgIpc) is 3.40. The Morgan fingerprint density at radius 2 is 2.04 bits per heavy atom. The molecular weight excluding hydrogens is 416 g/mol. The van der Waals surface area contributed by atoms with E-state index in [0.717, 1.165) is 25.0 Å². The van der Waals surface area contributed by atoms with E-state index in [1.54, 1.807) is 4.31 Å². The highest BCUT2D eigenvalue weighted by atomic mass is 35.6. The van der Waals surface area contributed by atoms with Gasteiger partial charge >= 0.3 is 5.97 Å². The van der Waals surface area contributed by atoms with Gasteiger partial charge < -0.3 is 15.7 Å². The van der Waals surface area contributed by atoms with Crippen molar-refractivity contribution < 1.29 is 19.1 Å². The summed E-state index contributed by atoms with van der Waals surface area (Å²) in [6.07, 6.45) is 0.733. The molecule has 0 bridgehead atoms. The van der Waals surface area contributed by atoms with Gasteiger partial charge in [-0.15, -0.1) is 0 Å². The van der Waals surface area contributed by atoms with Crippen LogP contribution in [-0.2, 0) is 4.79 Å². The lowest BCUT2D eigenvalue weighted by Crippen LogP contribution is -2.50. The summed E-state index contributed by atoms with van der Waals surface area (Å²) in [7, 11) is 0. The first-order valence-corrected chi connectivity index (χ1v) is 9.25. The van der Waals surface area contributed by atoms with Crippen LogP contribution < -0.4 is 10.6 Å². The van der Waals surface area contributed by atoms with Crippen molar-refractivity contribution in [3.63, 3.8) is 0 Å². The number of benzene rings is 1. The Bertz CT molecular complexity index is 714. The van der Waals surface area contributed by atoms with E-state index in [1.165, 1.54) is 18.0 Å². The Morgan fingerprint density at radius 1 is 1.36 bits per heavy atom. The van der Waals surface area contributed by atoms with Gasteiger partial charge in [0, 0.05) is 5.92 Å². The van der Waals surface area contributed by atoms with Crippen LogP contribution in [0.4, 0.5) is 10.1 Å². The fraction of sp³-hybridized carbons (Fsp3) is 0.429. The standard InChI is InChI=1S/C14H13Cl3FN3O3S/c15-14(16,17)12(20-10(22)6-1-2-6)21-13(25-21)19-9-4-3-7(18)5-8(9)11(23)24/h3-6,12-13,19H,1-2H2,(H,20,22)(H,23,24). The molecular formula is C14H13Cl3FN3O3S. The van der Waals surface area contributed by atoms with Crippen LogP contribution in [-0.4, -0.2) is 36.7 Å². The number of hydrogen-bond donors (Lipinski definition) is 3. The van der Waals surface area contributed by atoms with Gasteiger partial charge in [0.1, 0.15) is 12.0 Å². The monoisotopic (exact) mass is 427 g/mol. The van der Waals surface area contributed by atoms with Crippen molar-refractivity contribution in [2.24, 2.45) is 5.92 Å². The third-order valence-electron chi connectivity index (χ3n) is 3.69. The van der Waals surface area contributed by atoms with Crippen LogP contribution >= 0.6 is 46.8 Å². The number of amides is 1. The molecule has 1 amide bonds. The Morgan fingerprint density at radius 3 is 2.60 bits per heavy atom. The molecule has 2 aliphatic rings. The number of nitrogens with zero attached hydrogens (tertiary/aromatic N) is 1. The summed E-state index contributed by atoms with van der Waals surface area (Å²) in [5.74, 6) is -2.16. The molecule has 1 saturated heterocycles. The predicted octanol–water partition coefficient (Wildman–Crippen LogP) is 3.41. The first kappa shape index (κ1) is 18.8. The van der Waals surface area contributed by atoms with Crippen molar-refractivity contribution in [2.75, 3.05) is 5.32 Å². The van der Waals surface area contributed by atoms with Gasteiger partial charge in [-0.1, -0.05) is 34.8 Å². The van der Waals surface area contributed by atoms with E-state index >= 15 is 0 Å². The maximum atomic E-state index is 13.2. The zero-order valence-electron chi connectivity index (χ0n) is 12.5. The minimum Gasteiger partial charge on any atom is -0.478 e. The number of carbonyl (C=O) groups excluding carboxylic acids is 1. The van der Waals surface area contributed by atoms with Crippen molar-refractivity contribution in [2.45, 2.75) is 28.3 Å². The molecule has 1 heterocycles. The summed E-state index contributed by atoms with van der Waals surface area (Å²) in [6.45, 7) is 0. The molecule has 3 N–H and O–H groups in total. The van der Waals surface area contributed by atoms with Gasteiger partial charge in [-0.05, 0) is 43.0 Å². The van der Waals surface area contributed by atoms with Crippen molar-refractivity contribution >= 4 is 64.3 Å². The number of carboxylic acid groups (broad SMARTS) is 1. The lowest BCUT2D eigenvalue weighted by Gasteiger charge is -2.26. The van der Waals surface area contributed by atoms with E-state index in [-0.39, 0.29) is 23.1 Å². The molecule has 25 heavy (non-hydrogen) atoms. The van der Waals surface area contributed by atoms with Crippen LogP contribution in [0.15, 0.2) is 18.2 Å².